The van der Waals surface area contributed by atoms with Crippen LogP contribution in [-0.4, -0.2) is 32.5 Å². The minimum absolute atomic E-state index is 0.366. The van der Waals surface area contributed by atoms with E-state index in [1.165, 1.54) is 77.5 Å². The maximum absolute atomic E-state index is 4.97. The van der Waals surface area contributed by atoms with Crippen molar-refractivity contribution in [2.45, 2.75) is 63.1 Å². The van der Waals surface area contributed by atoms with Gasteiger partial charge in [-0.1, -0.05) is 36.4 Å². The molecule has 3 aliphatic carbocycles. The second kappa shape index (κ2) is 8.17. The van der Waals surface area contributed by atoms with Gasteiger partial charge in [0.25, 0.3) is 0 Å². The van der Waals surface area contributed by atoms with Crippen LogP contribution < -0.4 is 10.6 Å². The molecule has 0 radical (unpaired) electrons. The number of rotatable bonds is 4. The number of hydrogen-bond donors (Lipinski definition) is 4. The molecule has 2 unspecified atom stereocenters. The van der Waals surface area contributed by atoms with Crippen LogP contribution in [0.1, 0.15) is 73.4 Å². The van der Waals surface area contributed by atoms with Gasteiger partial charge >= 0.3 is 0 Å². The Morgan fingerprint density at radius 3 is 2.39 bits per heavy atom. The van der Waals surface area contributed by atoms with Gasteiger partial charge in [-0.25, -0.2) is 9.97 Å². The van der Waals surface area contributed by atoms with Crippen LogP contribution in [0.25, 0.3) is 44.5 Å². The Morgan fingerprint density at radius 2 is 1.61 bits per heavy atom. The summed E-state index contributed by atoms with van der Waals surface area (Å²) in [4.78, 5) is 17.0. The van der Waals surface area contributed by atoms with Gasteiger partial charge in [-0.05, 0) is 113 Å². The van der Waals surface area contributed by atoms with Crippen LogP contribution >= 0.6 is 0 Å². The van der Waals surface area contributed by atoms with Crippen molar-refractivity contribution in [1.82, 2.24) is 30.6 Å². The van der Waals surface area contributed by atoms with Crippen LogP contribution in [0, 0.1) is 11.3 Å². The van der Waals surface area contributed by atoms with Crippen LogP contribution in [0.2, 0.25) is 0 Å². The standard InChI is InChI=1S/C35H34N6/c1-5-25-14-22(1)32(38-25)34-39-28-8-4-20(15-29(28)40-34)19-2-6-26-23(11-19)13-24-12-21(3-7-27(24)26)31-17-36-33(41-31)30-16-35(9-10-35)18-37-30/h2-4,6-8,11-12,15,17,22,25,30,32,37-38H,1,5,9-10,13-14,16,18H2,(H,36,41)(H,39,40)/t22-,25?,30-,32?/m0/s1. The highest BCUT2D eigenvalue weighted by molar-refractivity contribution is 5.85. The number of nitrogens with one attached hydrogen (secondary N) is 4. The number of H-pyrrole nitrogens is 2. The average Bonchev–Trinajstić information content (AvgIpc) is 3.68. The van der Waals surface area contributed by atoms with Crippen LogP contribution in [0.15, 0.2) is 60.8 Å². The third-order valence-electron chi connectivity index (χ3n) is 10.9. The van der Waals surface area contributed by atoms with Gasteiger partial charge in [0.15, 0.2) is 0 Å². The SMILES string of the molecule is c1cc2c(cc1-c1ccc3nc(C4NC5CC[C@H]4C5)[nH]c3c1)Cc1cc(-c3cnc([C@@H]4CC5(CC5)CN4)[nH]3)ccc1-2. The smallest absolute Gasteiger partial charge is 0.124 e. The second-order valence-corrected chi connectivity index (χ2v) is 13.5. The topological polar surface area (TPSA) is 81.4 Å². The van der Waals surface area contributed by atoms with Crippen molar-refractivity contribution in [3.05, 3.63) is 83.6 Å². The van der Waals surface area contributed by atoms with E-state index in [1.54, 1.807) is 0 Å². The van der Waals surface area contributed by atoms with Gasteiger partial charge in [0.2, 0.25) is 0 Å². The molecule has 2 aliphatic heterocycles. The number of aromatic nitrogens is 4. The zero-order valence-electron chi connectivity index (χ0n) is 23.1. The number of aromatic amines is 2. The van der Waals surface area contributed by atoms with Gasteiger partial charge < -0.3 is 20.6 Å². The molecule has 6 nitrogen and oxygen atoms in total. The van der Waals surface area contributed by atoms with Gasteiger partial charge in [-0.15, -0.1) is 0 Å². The first-order valence-electron chi connectivity index (χ1n) is 15.5. The van der Waals surface area contributed by atoms with E-state index in [2.05, 4.69) is 75.2 Å². The Kier molecular flexibility index (Phi) is 4.56. The molecule has 204 valence electrons. The minimum atomic E-state index is 0.366. The van der Waals surface area contributed by atoms with E-state index in [4.69, 9.17) is 9.97 Å². The van der Waals surface area contributed by atoms with E-state index in [0.29, 0.717) is 23.5 Å². The number of benzene rings is 3. The van der Waals surface area contributed by atoms with E-state index < -0.39 is 0 Å². The third kappa shape index (κ3) is 3.57. The van der Waals surface area contributed by atoms with Crippen LogP contribution in [0.3, 0.4) is 0 Å². The number of imidazole rings is 2. The maximum Gasteiger partial charge on any atom is 0.124 e. The quantitative estimate of drug-likeness (QED) is 0.199. The zero-order chi connectivity index (χ0) is 26.7. The van der Waals surface area contributed by atoms with Crippen molar-refractivity contribution >= 4 is 11.0 Å². The summed E-state index contributed by atoms with van der Waals surface area (Å²) in [6.45, 7) is 1.14. The molecule has 2 saturated carbocycles. The van der Waals surface area contributed by atoms with Gasteiger partial charge in [-0.2, -0.15) is 0 Å². The van der Waals surface area contributed by atoms with E-state index in [9.17, 15) is 0 Å². The van der Waals surface area contributed by atoms with E-state index >= 15 is 0 Å². The molecule has 41 heavy (non-hydrogen) atoms. The summed E-state index contributed by atoms with van der Waals surface area (Å²) in [6, 6.07) is 22.0. The molecule has 2 aromatic heterocycles. The summed E-state index contributed by atoms with van der Waals surface area (Å²) < 4.78 is 0. The van der Waals surface area contributed by atoms with Crippen molar-refractivity contribution in [2.24, 2.45) is 11.3 Å². The largest absolute Gasteiger partial charge is 0.341 e. The fraction of sp³-hybridized carbons (Fsp3) is 0.371. The van der Waals surface area contributed by atoms with Crippen LogP contribution in [-0.2, 0) is 6.42 Å². The molecule has 0 amide bonds. The van der Waals surface area contributed by atoms with Crippen molar-refractivity contribution in [3.8, 4) is 33.5 Å². The highest BCUT2D eigenvalue weighted by atomic mass is 15.1. The minimum Gasteiger partial charge on any atom is -0.341 e. The highest BCUT2D eigenvalue weighted by Crippen LogP contribution is 2.54. The Bertz CT molecular complexity index is 1860. The second-order valence-electron chi connectivity index (χ2n) is 13.5. The molecule has 4 atom stereocenters. The number of nitrogens with zero attached hydrogens (tertiary/aromatic N) is 2. The molecule has 4 N–H and O–H groups in total. The molecule has 3 aromatic carbocycles. The monoisotopic (exact) mass is 538 g/mol. The first-order chi connectivity index (χ1) is 20.2. The summed E-state index contributed by atoms with van der Waals surface area (Å²) in [5, 5.41) is 7.47. The average molecular weight is 539 g/mol. The fourth-order valence-electron chi connectivity index (χ4n) is 8.41. The van der Waals surface area contributed by atoms with Crippen molar-refractivity contribution in [2.75, 3.05) is 6.54 Å². The predicted molar refractivity (Wildman–Crippen MR) is 161 cm³/mol. The van der Waals surface area contributed by atoms with Gasteiger partial charge in [-0.3, -0.25) is 0 Å². The van der Waals surface area contributed by atoms with Crippen molar-refractivity contribution in [3.63, 3.8) is 0 Å². The lowest BCUT2D eigenvalue weighted by molar-refractivity contribution is 0.380. The summed E-state index contributed by atoms with van der Waals surface area (Å²) >= 11 is 0. The molecule has 1 spiro atoms. The molecule has 2 saturated heterocycles. The van der Waals surface area contributed by atoms with Gasteiger partial charge in [0.05, 0.1) is 35.0 Å². The molecular formula is C35H34N6. The molecule has 10 rings (SSSR count). The summed E-state index contributed by atoms with van der Waals surface area (Å²) in [5.74, 6) is 2.93. The maximum atomic E-state index is 4.97. The summed E-state index contributed by atoms with van der Waals surface area (Å²) in [6.07, 6.45) is 10.9. The Labute approximate surface area is 239 Å². The van der Waals surface area contributed by atoms with E-state index in [-0.39, 0.29) is 0 Å². The summed E-state index contributed by atoms with van der Waals surface area (Å²) in [7, 11) is 0. The van der Waals surface area contributed by atoms with Crippen LogP contribution in [0.5, 0.6) is 0 Å². The molecule has 2 bridgehead atoms. The molecule has 4 fully saturated rings. The molecule has 5 aromatic rings. The molecule has 6 heteroatoms. The lowest BCUT2D eigenvalue weighted by Gasteiger charge is -2.20. The van der Waals surface area contributed by atoms with Crippen LogP contribution in [0.4, 0.5) is 0 Å². The van der Waals surface area contributed by atoms with Crippen molar-refractivity contribution < 1.29 is 0 Å². The van der Waals surface area contributed by atoms with E-state index in [0.717, 1.165) is 47.3 Å². The number of fused-ring (bicyclic) bond motifs is 6. The summed E-state index contributed by atoms with van der Waals surface area (Å²) in [5.41, 5.74) is 13.1. The number of hydrogen-bond acceptors (Lipinski definition) is 4. The normalized spacial score (nSPS) is 26.7. The lowest BCUT2D eigenvalue weighted by Crippen LogP contribution is -2.29. The fourth-order valence-corrected chi connectivity index (χ4v) is 8.41. The van der Waals surface area contributed by atoms with E-state index in [1.807, 2.05) is 6.20 Å². The molecule has 4 heterocycles. The highest BCUT2D eigenvalue weighted by Gasteiger charge is 2.49. The lowest BCUT2D eigenvalue weighted by atomic mass is 9.98. The Balaban J connectivity index is 0.913. The zero-order valence-corrected chi connectivity index (χ0v) is 23.1. The molecular weight excluding hydrogens is 504 g/mol. The first-order valence-corrected chi connectivity index (χ1v) is 15.5. The number of piperidine rings is 1. The predicted octanol–water partition coefficient (Wildman–Crippen LogP) is 6.82. The van der Waals surface area contributed by atoms with Gasteiger partial charge in [0, 0.05) is 12.6 Å². The molecule has 5 aliphatic rings. The van der Waals surface area contributed by atoms with Gasteiger partial charge in [0.1, 0.15) is 11.6 Å². The third-order valence-corrected chi connectivity index (χ3v) is 10.9. The Hall–Kier alpha value is -3.74. The first kappa shape index (κ1) is 22.9. The Morgan fingerprint density at radius 1 is 0.805 bits per heavy atom. The van der Waals surface area contributed by atoms with Crippen molar-refractivity contribution in [1.29, 1.82) is 0 Å².